The molecule has 23 heavy (non-hydrogen) atoms. The summed E-state index contributed by atoms with van der Waals surface area (Å²) in [7, 11) is 0. The minimum atomic E-state index is -0.816. The number of hydrogen-bond acceptors (Lipinski definition) is 5. The van der Waals surface area contributed by atoms with E-state index in [0.29, 0.717) is 5.69 Å². The molecule has 0 heterocycles. The molecular weight excluding hydrogens is 368 g/mol. The van der Waals surface area contributed by atoms with Crippen LogP contribution in [0.3, 0.4) is 0 Å². The monoisotopic (exact) mass is 378 g/mol. The summed E-state index contributed by atoms with van der Waals surface area (Å²) in [5.74, 6) is -1.32. The number of amides is 1. The Bertz CT molecular complexity index is 749. The van der Waals surface area contributed by atoms with E-state index in [-0.39, 0.29) is 15.7 Å². The number of benzene rings is 2. The molecular formula is C15H11BrN2O5. The van der Waals surface area contributed by atoms with Crippen LogP contribution >= 0.6 is 15.9 Å². The van der Waals surface area contributed by atoms with Gasteiger partial charge in [0, 0.05) is 11.8 Å². The van der Waals surface area contributed by atoms with Crippen molar-refractivity contribution in [2.45, 2.75) is 0 Å². The van der Waals surface area contributed by atoms with Crippen molar-refractivity contribution in [3.63, 3.8) is 0 Å². The highest BCUT2D eigenvalue weighted by molar-refractivity contribution is 9.10. The third kappa shape index (κ3) is 4.62. The maximum absolute atomic E-state index is 11.8. The molecule has 2 aromatic carbocycles. The van der Waals surface area contributed by atoms with E-state index in [0.717, 1.165) is 6.07 Å². The number of rotatable bonds is 5. The Morgan fingerprint density at radius 3 is 2.52 bits per heavy atom. The molecule has 1 N–H and O–H groups in total. The quantitative estimate of drug-likeness (QED) is 0.489. The summed E-state index contributed by atoms with van der Waals surface area (Å²) >= 11 is 3.02. The van der Waals surface area contributed by atoms with E-state index in [1.165, 1.54) is 12.1 Å². The lowest BCUT2D eigenvalue weighted by atomic mass is 10.2. The van der Waals surface area contributed by atoms with Crippen molar-refractivity contribution in [2.75, 3.05) is 11.9 Å². The number of nitro benzene ring substituents is 1. The van der Waals surface area contributed by atoms with Crippen LogP contribution in [0.15, 0.2) is 53.0 Å². The standard InChI is InChI=1S/C15H11BrN2O5/c16-12-7-6-10(8-13(12)18(21)22)15(20)23-9-14(19)17-11-4-2-1-3-5-11/h1-8H,9H2,(H,17,19). The van der Waals surface area contributed by atoms with Crippen LogP contribution in [0.2, 0.25) is 0 Å². The Labute approximate surface area is 139 Å². The topological polar surface area (TPSA) is 98.5 Å². The van der Waals surface area contributed by atoms with Gasteiger partial charge in [-0.2, -0.15) is 0 Å². The summed E-state index contributed by atoms with van der Waals surface area (Å²) in [6.07, 6.45) is 0. The van der Waals surface area contributed by atoms with Crippen molar-refractivity contribution in [1.82, 2.24) is 0 Å². The predicted molar refractivity (Wildman–Crippen MR) is 86.2 cm³/mol. The largest absolute Gasteiger partial charge is 0.452 e. The Morgan fingerprint density at radius 1 is 1.17 bits per heavy atom. The van der Waals surface area contributed by atoms with Crippen molar-refractivity contribution in [3.8, 4) is 0 Å². The number of nitrogens with zero attached hydrogens (tertiary/aromatic N) is 1. The van der Waals surface area contributed by atoms with E-state index in [9.17, 15) is 19.7 Å². The van der Waals surface area contributed by atoms with Gasteiger partial charge in [0.2, 0.25) is 0 Å². The number of carbonyl (C=O) groups excluding carboxylic acids is 2. The predicted octanol–water partition coefficient (Wildman–Crippen LogP) is 3.15. The molecule has 8 heteroatoms. The van der Waals surface area contributed by atoms with Gasteiger partial charge in [-0.3, -0.25) is 14.9 Å². The van der Waals surface area contributed by atoms with Crippen molar-refractivity contribution in [1.29, 1.82) is 0 Å². The summed E-state index contributed by atoms with van der Waals surface area (Å²) in [6, 6.07) is 12.5. The lowest BCUT2D eigenvalue weighted by Crippen LogP contribution is -2.20. The summed E-state index contributed by atoms with van der Waals surface area (Å²) < 4.78 is 5.10. The number of nitrogens with one attached hydrogen (secondary N) is 1. The third-order valence-corrected chi connectivity index (χ3v) is 3.44. The van der Waals surface area contributed by atoms with E-state index in [1.807, 2.05) is 0 Å². The van der Waals surface area contributed by atoms with Crippen LogP contribution in [0.4, 0.5) is 11.4 Å². The first-order valence-corrected chi connectivity index (χ1v) is 7.22. The molecule has 0 aliphatic rings. The molecule has 0 radical (unpaired) electrons. The average molecular weight is 379 g/mol. The first-order chi connectivity index (χ1) is 11.0. The zero-order chi connectivity index (χ0) is 16.8. The maximum atomic E-state index is 11.8. The highest BCUT2D eigenvalue weighted by Crippen LogP contribution is 2.25. The van der Waals surface area contributed by atoms with Crippen LogP contribution in [0.1, 0.15) is 10.4 Å². The number of anilines is 1. The average Bonchev–Trinajstić information content (AvgIpc) is 2.53. The van der Waals surface area contributed by atoms with Gasteiger partial charge in [0.05, 0.1) is 15.0 Å². The zero-order valence-electron chi connectivity index (χ0n) is 11.7. The summed E-state index contributed by atoms with van der Waals surface area (Å²) in [6.45, 7) is -0.489. The Kier molecular flexibility index (Phi) is 5.42. The number of nitro groups is 1. The molecule has 7 nitrogen and oxygen atoms in total. The van der Waals surface area contributed by atoms with E-state index < -0.39 is 23.4 Å². The van der Waals surface area contributed by atoms with Crippen LogP contribution in [-0.2, 0) is 9.53 Å². The van der Waals surface area contributed by atoms with E-state index in [4.69, 9.17) is 4.74 Å². The molecule has 0 unspecified atom stereocenters. The van der Waals surface area contributed by atoms with Gasteiger partial charge in [-0.1, -0.05) is 18.2 Å². The van der Waals surface area contributed by atoms with Gasteiger partial charge < -0.3 is 10.1 Å². The number of halogens is 1. The van der Waals surface area contributed by atoms with Crippen LogP contribution < -0.4 is 5.32 Å². The van der Waals surface area contributed by atoms with E-state index >= 15 is 0 Å². The molecule has 0 atom stereocenters. The minimum Gasteiger partial charge on any atom is -0.452 e. The van der Waals surface area contributed by atoms with Crippen LogP contribution in [0, 0.1) is 10.1 Å². The molecule has 2 aromatic rings. The SMILES string of the molecule is O=C(COC(=O)c1ccc(Br)c([N+](=O)[O-])c1)Nc1ccccc1. The molecule has 0 fully saturated rings. The molecule has 1 amide bonds. The summed E-state index contributed by atoms with van der Waals surface area (Å²) in [5.41, 5.74) is 0.313. The number of carbonyl (C=O) groups is 2. The van der Waals surface area contributed by atoms with Crippen LogP contribution in [0.25, 0.3) is 0 Å². The molecule has 0 spiro atoms. The lowest BCUT2D eigenvalue weighted by molar-refractivity contribution is -0.385. The third-order valence-electron chi connectivity index (χ3n) is 2.77. The van der Waals surface area contributed by atoms with Crippen LogP contribution in [-0.4, -0.2) is 23.4 Å². The molecule has 0 bridgehead atoms. The molecule has 118 valence electrons. The number of ether oxygens (including phenoxy) is 1. The highest BCUT2D eigenvalue weighted by atomic mass is 79.9. The molecule has 0 saturated carbocycles. The van der Waals surface area contributed by atoms with Crippen molar-refractivity contribution in [2.24, 2.45) is 0 Å². The second kappa shape index (κ2) is 7.50. The molecule has 0 aliphatic carbocycles. The summed E-state index contributed by atoms with van der Waals surface area (Å²) in [5, 5.41) is 13.4. The van der Waals surface area contributed by atoms with Crippen molar-refractivity contribution in [3.05, 3.63) is 68.7 Å². The van der Waals surface area contributed by atoms with E-state index in [2.05, 4.69) is 21.2 Å². The number of para-hydroxylation sites is 1. The van der Waals surface area contributed by atoms with Gasteiger partial charge in [0.1, 0.15) is 0 Å². The fourth-order valence-electron chi connectivity index (χ4n) is 1.71. The second-order valence-electron chi connectivity index (χ2n) is 4.41. The van der Waals surface area contributed by atoms with Crippen LogP contribution in [0.5, 0.6) is 0 Å². The van der Waals surface area contributed by atoms with E-state index in [1.54, 1.807) is 30.3 Å². The first-order valence-electron chi connectivity index (χ1n) is 6.43. The van der Waals surface area contributed by atoms with Crippen molar-refractivity contribution < 1.29 is 19.2 Å². The minimum absolute atomic E-state index is 0.00703. The van der Waals surface area contributed by atoms with Crippen molar-refractivity contribution >= 4 is 39.2 Å². The lowest BCUT2D eigenvalue weighted by Gasteiger charge is -2.06. The Hall–Kier alpha value is -2.74. The number of hydrogen-bond donors (Lipinski definition) is 1. The smallest absolute Gasteiger partial charge is 0.338 e. The molecule has 0 aromatic heterocycles. The fourth-order valence-corrected chi connectivity index (χ4v) is 2.10. The Balaban J connectivity index is 1.96. The van der Waals surface area contributed by atoms with Gasteiger partial charge in [-0.05, 0) is 40.2 Å². The van der Waals surface area contributed by atoms with Gasteiger partial charge in [-0.15, -0.1) is 0 Å². The maximum Gasteiger partial charge on any atom is 0.338 e. The zero-order valence-corrected chi connectivity index (χ0v) is 13.3. The Morgan fingerprint density at radius 2 is 1.87 bits per heavy atom. The first kappa shape index (κ1) is 16.6. The molecule has 0 saturated heterocycles. The highest BCUT2D eigenvalue weighted by Gasteiger charge is 2.17. The normalized spacial score (nSPS) is 9.96. The number of esters is 1. The van der Waals surface area contributed by atoms with Gasteiger partial charge in [-0.25, -0.2) is 4.79 Å². The molecule has 0 aliphatic heterocycles. The fraction of sp³-hybridized carbons (Fsp3) is 0.0667. The van der Waals surface area contributed by atoms with Gasteiger partial charge in [0.15, 0.2) is 6.61 Å². The van der Waals surface area contributed by atoms with Gasteiger partial charge >= 0.3 is 5.97 Å². The van der Waals surface area contributed by atoms with Gasteiger partial charge in [0.25, 0.3) is 11.6 Å². The summed E-state index contributed by atoms with van der Waals surface area (Å²) in [4.78, 5) is 33.7. The second-order valence-corrected chi connectivity index (χ2v) is 5.27. The molecule has 2 rings (SSSR count).